The Balaban J connectivity index is 1.62. The van der Waals surface area contributed by atoms with E-state index in [9.17, 15) is 9.18 Å². The van der Waals surface area contributed by atoms with E-state index in [-0.39, 0.29) is 11.8 Å². The number of H-pyrrole nitrogens is 1. The number of aromatic nitrogens is 3. The zero-order valence-electron chi connectivity index (χ0n) is 19.4. The van der Waals surface area contributed by atoms with E-state index in [0.29, 0.717) is 17.1 Å². The lowest BCUT2D eigenvalue weighted by molar-refractivity contribution is -0.119. The van der Waals surface area contributed by atoms with Crippen LogP contribution in [0.2, 0.25) is 0 Å². The largest absolute Gasteiger partial charge is 0.497 e. The molecule has 0 radical (unpaired) electrons. The number of aryl methyl sites for hydroxylation is 1. The van der Waals surface area contributed by atoms with Crippen LogP contribution >= 0.6 is 0 Å². The Bertz CT molecular complexity index is 1390. The summed E-state index contributed by atoms with van der Waals surface area (Å²) in [6.07, 6.45) is 3.01. The van der Waals surface area contributed by atoms with Crippen LogP contribution in [0.5, 0.6) is 5.75 Å². The number of pyridine rings is 1. The molecule has 0 bridgehead atoms. The number of methoxy groups -OCH3 is 1. The normalized spacial score (nSPS) is 15.0. The van der Waals surface area contributed by atoms with Crippen LogP contribution in [0.3, 0.4) is 0 Å². The van der Waals surface area contributed by atoms with Crippen molar-refractivity contribution in [2.45, 2.75) is 32.1 Å². The molecule has 4 aromatic rings. The summed E-state index contributed by atoms with van der Waals surface area (Å²) in [6, 6.07) is 15.5. The summed E-state index contributed by atoms with van der Waals surface area (Å²) in [5.74, 6) is 0.489. The molecule has 6 nitrogen and oxygen atoms in total. The lowest BCUT2D eigenvalue weighted by atomic mass is 9.83. The molecule has 7 heteroatoms. The minimum absolute atomic E-state index is 0.0220. The molecule has 34 heavy (non-hydrogen) atoms. The summed E-state index contributed by atoms with van der Waals surface area (Å²) in [7, 11) is 1.63. The number of halogens is 1. The van der Waals surface area contributed by atoms with Gasteiger partial charge in [-0.15, -0.1) is 0 Å². The highest BCUT2D eigenvalue weighted by atomic mass is 19.1. The molecular weight excluding hydrogens is 431 g/mol. The van der Waals surface area contributed by atoms with Crippen molar-refractivity contribution in [3.05, 3.63) is 94.8 Å². The third-order valence-corrected chi connectivity index (χ3v) is 6.46. The molecule has 0 fully saturated rings. The van der Waals surface area contributed by atoms with Crippen LogP contribution in [0.4, 0.5) is 10.1 Å². The maximum Gasteiger partial charge on any atom is 0.234 e. The van der Waals surface area contributed by atoms with Crippen molar-refractivity contribution in [3.63, 3.8) is 0 Å². The minimum atomic E-state index is -0.584. The van der Waals surface area contributed by atoms with Gasteiger partial charge in [-0.1, -0.05) is 24.3 Å². The van der Waals surface area contributed by atoms with Crippen LogP contribution in [0, 0.1) is 12.7 Å². The first-order valence-electron chi connectivity index (χ1n) is 11.1. The Labute approximate surface area is 197 Å². The van der Waals surface area contributed by atoms with Gasteiger partial charge in [0.2, 0.25) is 5.91 Å². The van der Waals surface area contributed by atoms with Crippen LogP contribution in [0.25, 0.3) is 11.4 Å². The molecule has 0 saturated heterocycles. The van der Waals surface area contributed by atoms with Crippen molar-refractivity contribution in [1.82, 2.24) is 15.0 Å². The smallest absolute Gasteiger partial charge is 0.234 e. The lowest BCUT2D eigenvalue weighted by Crippen LogP contribution is -2.26. The highest BCUT2D eigenvalue weighted by molar-refractivity contribution is 6.05. The van der Waals surface area contributed by atoms with E-state index in [1.54, 1.807) is 19.4 Å². The van der Waals surface area contributed by atoms with Gasteiger partial charge in [-0.25, -0.2) is 9.37 Å². The van der Waals surface area contributed by atoms with Crippen LogP contribution in [0.15, 0.2) is 60.9 Å². The van der Waals surface area contributed by atoms with Crippen LogP contribution < -0.4 is 10.1 Å². The van der Waals surface area contributed by atoms with Gasteiger partial charge in [0.15, 0.2) is 5.82 Å². The molecule has 1 unspecified atom stereocenters. The average molecular weight is 457 g/mol. The maximum absolute atomic E-state index is 14.5. The molecule has 3 heterocycles. The molecule has 2 aromatic carbocycles. The molecule has 1 amide bonds. The van der Waals surface area contributed by atoms with Gasteiger partial charge in [0.25, 0.3) is 0 Å². The number of amides is 1. The van der Waals surface area contributed by atoms with Gasteiger partial charge in [0, 0.05) is 17.6 Å². The first-order chi connectivity index (χ1) is 16.3. The topological polar surface area (TPSA) is 79.9 Å². The third-order valence-electron chi connectivity index (χ3n) is 6.46. The van der Waals surface area contributed by atoms with Gasteiger partial charge < -0.3 is 15.0 Å². The minimum Gasteiger partial charge on any atom is -0.497 e. The molecule has 1 aliphatic heterocycles. The van der Waals surface area contributed by atoms with E-state index in [2.05, 4.69) is 15.3 Å². The fraction of sp³-hybridized carbons (Fsp3) is 0.222. The van der Waals surface area contributed by atoms with E-state index < -0.39 is 11.2 Å². The van der Waals surface area contributed by atoms with Gasteiger partial charge in [-0.2, -0.15) is 0 Å². The Morgan fingerprint density at radius 2 is 1.79 bits per heavy atom. The predicted octanol–water partition coefficient (Wildman–Crippen LogP) is 5.34. The fourth-order valence-corrected chi connectivity index (χ4v) is 4.47. The van der Waals surface area contributed by atoms with Crippen molar-refractivity contribution < 1.29 is 13.9 Å². The van der Waals surface area contributed by atoms with Gasteiger partial charge >= 0.3 is 0 Å². The number of anilines is 1. The molecule has 5 rings (SSSR count). The first kappa shape index (κ1) is 21.8. The first-order valence-corrected chi connectivity index (χ1v) is 11.1. The Hall–Kier alpha value is -4.00. The molecule has 1 atom stereocenters. The molecule has 2 aromatic heterocycles. The highest BCUT2D eigenvalue weighted by Crippen LogP contribution is 2.41. The average Bonchev–Trinajstić information content (AvgIpc) is 3.38. The summed E-state index contributed by atoms with van der Waals surface area (Å²) >= 11 is 0. The van der Waals surface area contributed by atoms with Gasteiger partial charge in [0.1, 0.15) is 11.6 Å². The number of benzene rings is 2. The van der Waals surface area contributed by atoms with E-state index in [1.165, 1.54) is 6.20 Å². The lowest BCUT2D eigenvalue weighted by Gasteiger charge is -2.19. The summed E-state index contributed by atoms with van der Waals surface area (Å²) in [4.78, 5) is 24.4. The number of carbonyl (C=O) groups excluding carboxylic acids is 1. The van der Waals surface area contributed by atoms with E-state index in [4.69, 9.17) is 9.72 Å². The zero-order chi connectivity index (χ0) is 24.0. The number of rotatable bonds is 5. The third kappa shape index (κ3) is 3.63. The number of imidazole rings is 1. The number of hydrogen-bond donors (Lipinski definition) is 2. The van der Waals surface area contributed by atoms with Gasteiger partial charge in [-0.05, 0) is 61.7 Å². The monoisotopic (exact) mass is 456 g/mol. The number of nitrogens with one attached hydrogen (secondary N) is 2. The highest BCUT2D eigenvalue weighted by Gasteiger charge is 2.38. The molecule has 0 saturated carbocycles. The molecule has 0 aliphatic carbocycles. The summed E-state index contributed by atoms with van der Waals surface area (Å²) < 4.78 is 19.8. The predicted molar refractivity (Wildman–Crippen MR) is 129 cm³/mol. The molecule has 172 valence electrons. The van der Waals surface area contributed by atoms with Crippen molar-refractivity contribution in [2.24, 2.45) is 0 Å². The number of ether oxygens (including phenoxy) is 1. The van der Waals surface area contributed by atoms with Crippen molar-refractivity contribution in [3.8, 4) is 17.1 Å². The molecule has 2 N–H and O–H groups in total. The molecule has 1 aliphatic rings. The zero-order valence-corrected chi connectivity index (χ0v) is 19.4. The van der Waals surface area contributed by atoms with Crippen LogP contribution in [-0.2, 0) is 10.2 Å². The molecular formula is C27H25FN4O2. The quantitative estimate of drug-likeness (QED) is 0.425. The fourth-order valence-electron chi connectivity index (χ4n) is 4.47. The van der Waals surface area contributed by atoms with E-state index >= 15 is 0 Å². The summed E-state index contributed by atoms with van der Waals surface area (Å²) in [5.41, 5.74) is 4.95. The van der Waals surface area contributed by atoms with Crippen molar-refractivity contribution in [1.29, 1.82) is 0 Å². The number of nitrogens with zero attached hydrogens (tertiary/aromatic N) is 2. The van der Waals surface area contributed by atoms with Gasteiger partial charge in [-0.3, -0.25) is 9.78 Å². The van der Waals surface area contributed by atoms with Crippen LogP contribution in [-0.4, -0.2) is 28.0 Å². The Kier molecular flexibility index (Phi) is 5.20. The summed E-state index contributed by atoms with van der Waals surface area (Å²) in [5, 5.41) is 3.01. The second kappa shape index (κ2) is 8.09. The van der Waals surface area contributed by atoms with E-state index in [0.717, 1.165) is 33.8 Å². The van der Waals surface area contributed by atoms with Gasteiger partial charge in [0.05, 0.1) is 35.9 Å². The summed E-state index contributed by atoms with van der Waals surface area (Å²) in [6.45, 7) is 5.65. The van der Waals surface area contributed by atoms with Crippen molar-refractivity contribution >= 4 is 11.6 Å². The Morgan fingerprint density at radius 3 is 2.53 bits per heavy atom. The second-order valence-electron chi connectivity index (χ2n) is 9.07. The second-order valence-corrected chi connectivity index (χ2v) is 9.07. The van der Waals surface area contributed by atoms with Crippen molar-refractivity contribution in [2.75, 3.05) is 12.4 Å². The number of fused-ring (bicyclic) bond motifs is 1. The maximum atomic E-state index is 14.5. The van der Waals surface area contributed by atoms with E-state index in [1.807, 2.05) is 63.2 Å². The SMILES string of the molecule is COc1ccc(C(c2ccc3c(c2)NC(=O)C3(C)C)c2c[nH]c(-c3cc(C)ncc3F)n2)cc1. The Morgan fingerprint density at radius 1 is 1.06 bits per heavy atom. The number of carbonyl (C=O) groups is 1. The van der Waals surface area contributed by atoms with Crippen LogP contribution in [0.1, 0.15) is 47.8 Å². The number of aromatic amines is 1. The molecule has 0 spiro atoms. The standard InChI is InChI=1S/C27H25FN4O2/c1-15-11-19(21(28)13-29-15)25-30-14-23(31-25)24(16-5-8-18(34-4)9-6-16)17-7-10-20-22(12-17)32-26(33)27(20,2)3/h5-14,24H,1-4H3,(H,30,31)(H,32,33). The number of hydrogen-bond acceptors (Lipinski definition) is 4.